The van der Waals surface area contributed by atoms with Gasteiger partial charge in [0.2, 0.25) is 0 Å². The fourth-order valence-corrected chi connectivity index (χ4v) is 3.76. The number of nitrogens with one attached hydrogen (secondary N) is 1. The maximum absolute atomic E-state index is 13.7. The van der Waals surface area contributed by atoms with Crippen LogP contribution in [0.2, 0.25) is 0 Å². The standard InChI is InChI=1S/C20H22FN5O/c1-11(2)9-15-17-18(23-22-15)20(27)26(16-7-8-25(4)24-16)19(17)14-6-5-13(21)10-12(14)3/h5-8,10-11,19H,9H2,1-4H3,(H,22,23). The molecule has 1 amide bonds. The number of aromatic nitrogens is 4. The molecule has 3 aromatic rings. The van der Waals surface area contributed by atoms with Crippen molar-refractivity contribution >= 4 is 11.7 Å². The van der Waals surface area contributed by atoms with Crippen LogP contribution in [0.4, 0.5) is 10.2 Å². The third-order valence-electron chi connectivity index (χ3n) is 4.92. The number of hydrogen-bond acceptors (Lipinski definition) is 3. The number of nitrogens with zero attached hydrogens (tertiary/aromatic N) is 4. The molecule has 4 rings (SSSR count). The highest BCUT2D eigenvalue weighted by atomic mass is 19.1. The average Bonchev–Trinajstić information content (AvgIpc) is 3.25. The molecule has 3 heterocycles. The summed E-state index contributed by atoms with van der Waals surface area (Å²) >= 11 is 0. The number of aryl methyl sites for hydroxylation is 2. The summed E-state index contributed by atoms with van der Waals surface area (Å²) in [4.78, 5) is 14.9. The number of hydrogen-bond donors (Lipinski definition) is 1. The quantitative estimate of drug-likeness (QED) is 0.767. The molecule has 0 saturated carbocycles. The Morgan fingerprint density at radius 1 is 1.30 bits per heavy atom. The monoisotopic (exact) mass is 367 g/mol. The minimum Gasteiger partial charge on any atom is -0.278 e. The zero-order valence-electron chi connectivity index (χ0n) is 15.8. The smallest absolute Gasteiger partial charge is 0.278 e. The van der Waals surface area contributed by atoms with Gasteiger partial charge in [-0.3, -0.25) is 19.5 Å². The summed E-state index contributed by atoms with van der Waals surface area (Å²) in [5, 5.41) is 11.8. The van der Waals surface area contributed by atoms with Gasteiger partial charge in [-0.05, 0) is 42.5 Å². The van der Waals surface area contributed by atoms with Gasteiger partial charge in [0.1, 0.15) is 11.5 Å². The highest BCUT2D eigenvalue weighted by Crippen LogP contribution is 2.43. The Morgan fingerprint density at radius 2 is 2.07 bits per heavy atom. The van der Waals surface area contributed by atoms with Gasteiger partial charge in [-0.2, -0.15) is 10.2 Å². The number of rotatable bonds is 4. The summed E-state index contributed by atoms with van der Waals surface area (Å²) in [5.41, 5.74) is 3.90. The van der Waals surface area contributed by atoms with Crippen molar-refractivity contribution in [1.82, 2.24) is 20.0 Å². The van der Waals surface area contributed by atoms with Crippen LogP contribution in [0.5, 0.6) is 0 Å². The first-order valence-electron chi connectivity index (χ1n) is 9.03. The topological polar surface area (TPSA) is 66.8 Å². The molecule has 0 bridgehead atoms. The second-order valence-corrected chi connectivity index (χ2v) is 7.48. The van der Waals surface area contributed by atoms with E-state index in [-0.39, 0.29) is 17.8 Å². The van der Waals surface area contributed by atoms with Crippen LogP contribution in [-0.4, -0.2) is 25.9 Å². The predicted octanol–water partition coefficient (Wildman–Crippen LogP) is 3.54. The van der Waals surface area contributed by atoms with Gasteiger partial charge >= 0.3 is 0 Å². The number of benzene rings is 1. The first kappa shape index (κ1) is 17.5. The molecule has 0 spiro atoms. The van der Waals surface area contributed by atoms with Gasteiger partial charge in [-0.25, -0.2) is 4.39 Å². The first-order valence-corrected chi connectivity index (χ1v) is 9.03. The van der Waals surface area contributed by atoms with Crippen molar-refractivity contribution in [2.24, 2.45) is 13.0 Å². The van der Waals surface area contributed by atoms with E-state index in [1.807, 2.05) is 20.0 Å². The molecule has 1 aliphatic rings. The molecule has 0 radical (unpaired) electrons. The van der Waals surface area contributed by atoms with Crippen molar-refractivity contribution in [3.05, 3.63) is 64.4 Å². The number of amides is 1. The fraction of sp³-hybridized carbons (Fsp3) is 0.350. The second-order valence-electron chi connectivity index (χ2n) is 7.48. The van der Waals surface area contributed by atoms with Gasteiger partial charge in [-0.15, -0.1) is 0 Å². The van der Waals surface area contributed by atoms with Gasteiger partial charge in [0.05, 0.1) is 11.7 Å². The Balaban J connectivity index is 1.92. The van der Waals surface area contributed by atoms with Crippen molar-refractivity contribution in [3.63, 3.8) is 0 Å². The summed E-state index contributed by atoms with van der Waals surface area (Å²) in [6.45, 7) is 6.10. The number of H-pyrrole nitrogens is 1. The number of fused-ring (bicyclic) bond motifs is 1. The summed E-state index contributed by atoms with van der Waals surface area (Å²) in [7, 11) is 1.81. The normalized spacial score (nSPS) is 16.4. The van der Waals surface area contributed by atoms with Crippen LogP contribution in [0.3, 0.4) is 0 Å². The number of halogens is 1. The third kappa shape index (κ3) is 2.83. The predicted molar refractivity (Wildman–Crippen MR) is 100 cm³/mol. The Labute approximate surface area is 157 Å². The van der Waals surface area contributed by atoms with Crippen LogP contribution in [0.25, 0.3) is 0 Å². The van der Waals surface area contributed by atoms with E-state index in [1.165, 1.54) is 12.1 Å². The van der Waals surface area contributed by atoms with E-state index in [2.05, 4.69) is 29.1 Å². The lowest BCUT2D eigenvalue weighted by Gasteiger charge is -2.25. The van der Waals surface area contributed by atoms with E-state index in [0.29, 0.717) is 17.4 Å². The van der Waals surface area contributed by atoms with E-state index >= 15 is 0 Å². The van der Waals surface area contributed by atoms with Crippen LogP contribution in [0.1, 0.15) is 52.8 Å². The largest absolute Gasteiger partial charge is 0.278 e. The molecule has 1 aromatic carbocycles. The Bertz CT molecular complexity index is 1020. The molecule has 1 unspecified atom stereocenters. The summed E-state index contributed by atoms with van der Waals surface area (Å²) in [5.74, 6) is 0.502. The van der Waals surface area contributed by atoms with E-state index in [0.717, 1.165) is 28.8 Å². The lowest BCUT2D eigenvalue weighted by atomic mass is 9.93. The number of carbonyl (C=O) groups excluding carboxylic acids is 1. The fourth-order valence-electron chi connectivity index (χ4n) is 3.76. The number of anilines is 1. The third-order valence-corrected chi connectivity index (χ3v) is 4.92. The van der Waals surface area contributed by atoms with Crippen LogP contribution in [0, 0.1) is 18.7 Å². The maximum Gasteiger partial charge on any atom is 0.278 e. The second kappa shape index (κ2) is 6.33. The number of aromatic amines is 1. The molecule has 1 atom stereocenters. The molecule has 140 valence electrons. The van der Waals surface area contributed by atoms with Gasteiger partial charge < -0.3 is 0 Å². The SMILES string of the molecule is Cc1cc(F)ccc1C1c2c(CC(C)C)n[nH]c2C(=O)N1c1ccn(C)n1. The molecule has 0 saturated heterocycles. The molecule has 0 fully saturated rings. The van der Waals surface area contributed by atoms with E-state index in [9.17, 15) is 9.18 Å². The van der Waals surface area contributed by atoms with Gasteiger partial charge in [0.15, 0.2) is 5.82 Å². The van der Waals surface area contributed by atoms with Crippen LogP contribution in [0.15, 0.2) is 30.5 Å². The Hall–Kier alpha value is -2.96. The van der Waals surface area contributed by atoms with Crippen molar-refractivity contribution in [1.29, 1.82) is 0 Å². The van der Waals surface area contributed by atoms with Crippen LogP contribution < -0.4 is 4.90 Å². The van der Waals surface area contributed by atoms with E-state index in [4.69, 9.17) is 0 Å². The molecule has 1 aliphatic heterocycles. The minimum atomic E-state index is -0.379. The molecule has 2 aromatic heterocycles. The van der Waals surface area contributed by atoms with Crippen molar-refractivity contribution in [2.45, 2.75) is 33.2 Å². The van der Waals surface area contributed by atoms with Gasteiger partial charge in [0, 0.05) is 24.9 Å². The summed E-state index contributed by atoms with van der Waals surface area (Å²) in [6, 6.07) is 6.11. The first-order chi connectivity index (χ1) is 12.9. The Morgan fingerprint density at radius 3 is 2.70 bits per heavy atom. The molecular weight excluding hydrogens is 345 g/mol. The summed E-state index contributed by atoms with van der Waals surface area (Å²) in [6.07, 6.45) is 2.56. The minimum absolute atomic E-state index is 0.167. The molecule has 27 heavy (non-hydrogen) atoms. The lowest BCUT2D eigenvalue weighted by Crippen LogP contribution is -2.30. The Kier molecular flexibility index (Phi) is 4.09. The van der Waals surface area contributed by atoms with Gasteiger partial charge in [0.25, 0.3) is 5.91 Å². The van der Waals surface area contributed by atoms with Crippen molar-refractivity contribution < 1.29 is 9.18 Å². The zero-order valence-corrected chi connectivity index (χ0v) is 15.8. The molecule has 7 heteroatoms. The van der Waals surface area contributed by atoms with E-state index < -0.39 is 0 Å². The maximum atomic E-state index is 13.7. The van der Waals surface area contributed by atoms with Crippen molar-refractivity contribution in [2.75, 3.05) is 4.90 Å². The lowest BCUT2D eigenvalue weighted by molar-refractivity contribution is 0.0988. The summed E-state index contributed by atoms with van der Waals surface area (Å²) < 4.78 is 15.4. The van der Waals surface area contributed by atoms with Crippen LogP contribution in [-0.2, 0) is 13.5 Å². The molecule has 0 aliphatic carbocycles. The zero-order chi connectivity index (χ0) is 19.3. The average molecular weight is 367 g/mol. The highest BCUT2D eigenvalue weighted by molar-refractivity contribution is 6.10. The number of carbonyl (C=O) groups is 1. The van der Waals surface area contributed by atoms with E-state index in [1.54, 1.807) is 21.8 Å². The molecule has 1 N–H and O–H groups in total. The molecular formula is C20H22FN5O. The van der Waals surface area contributed by atoms with Gasteiger partial charge in [-0.1, -0.05) is 19.9 Å². The van der Waals surface area contributed by atoms with Crippen LogP contribution >= 0.6 is 0 Å². The molecule has 6 nitrogen and oxygen atoms in total. The highest BCUT2D eigenvalue weighted by Gasteiger charge is 2.44. The van der Waals surface area contributed by atoms with Crippen molar-refractivity contribution in [3.8, 4) is 0 Å².